The van der Waals surface area contributed by atoms with Gasteiger partial charge in [0, 0.05) is 24.1 Å². The zero-order chi connectivity index (χ0) is 22.0. The van der Waals surface area contributed by atoms with Crippen LogP contribution in [-0.2, 0) is 15.9 Å². The number of rotatable bonds is 5. The number of aliphatic hydroxyl groups excluding tert-OH is 1. The van der Waals surface area contributed by atoms with Gasteiger partial charge in [-0.2, -0.15) is 0 Å². The molecule has 1 aliphatic heterocycles. The lowest BCUT2D eigenvalue weighted by atomic mass is 10.00. The Bertz CT molecular complexity index is 1110. The van der Waals surface area contributed by atoms with Crippen LogP contribution in [0.5, 0.6) is 5.88 Å². The largest absolute Gasteiger partial charge is 0.481 e. The monoisotopic (exact) mass is 430 g/mol. The SMILES string of the molecule is COc1ccc(Cc2cc(C(=O)O[C@H]3CCOC[C@@H]3O)nc3c(F)ccc(F)c23)cn1. The highest BCUT2D eigenvalue weighted by Crippen LogP contribution is 2.27. The number of nitrogens with zero attached hydrogens (tertiary/aromatic N) is 2. The van der Waals surface area contributed by atoms with E-state index >= 15 is 0 Å². The molecule has 0 aliphatic carbocycles. The molecule has 0 spiro atoms. The van der Waals surface area contributed by atoms with E-state index in [0.29, 0.717) is 30.0 Å². The van der Waals surface area contributed by atoms with Crippen molar-refractivity contribution in [1.82, 2.24) is 9.97 Å². The van der Waals surface area contributed by atoms with Crippen LogP contribution in [-0.4, -0.2) is 53.6 Å². The fraction of sp³-hybridized carbons (Fsp3) is 0.318. The van der Waals surface area contributed by atoms with E-state index in [2.05, 4.69) is 9.97 Å². The third-order valence-electron chi connectivity index (χ3n) is 5.08. The minimum Gasteiger partial charge on any atom is -0.481 e. The molecule has 1 fully saturated rings. The molecule has 1 N–H and O–H groups in total. The molecular weight excluding hydrogens is 410 g/mol. The number of benzene rings is 1. The molecule has 3 heterocycles. The van der Waals surface area contributed by atoms with Gasteiger partial charge in [-0.3, -0.25) is 0 Å². The third kappa shape index (κ3) is 4.47. The molecule has 1 saturated heterocycles. The second kappa shape index (κ2) is 8.91. The number of hydrogen-bond donors (Lipinski definition) is 1. The van der Waals surface area contributed by atoms with Gasteiger partial charge >= 0.3 is 5.97 Å². The fourth-order valence-electron chi connectivity index (χ4n) is 3.48. The third-order valence-corrected chi connectivity index (χ3v) is 5.08. The Morgan fingerprint density at radius 1 is 1.26 bits per heavy atom. The highest BCUT2D eigenvalue weighted by atomic mass is 19.1. The second-order valence-electron chi connectivity index (χ2n) is 7.18. The van der Waals surface area contributed by atoms with Crippen LogP contribution >= 0.6 is 0 Å². The van der Waals surface area contributed by atoms with Crippen molar-refractivity contribution in [3.8, 4) is 5.88 Å². The van der Waals surface area contributed by atoms with E-state index in [0.717, 1.165) is 12.1 Å². The van der Waals surface area contributed by atoms with Crippen molar-refractivity contribution < 1.29 is 32.9 Å². The Morgan fingerprint density at radius 2 is 2.06 bits per heavy atom. The molecule has 4 rings (SSSR count). The van der Waals surface area contributed by atoms with Crippen LogP contribution in [0.4, 0.5) is 8.78 Å². The topological polar surface area (TPSA) is 90.8 Å². The van der Waals surface area contributed by atoms with Crippen LogP contribution in [0, 0.1) is 11.6 Å². The van der Waals surface area contributed by atoms with Gasteiger partial charge in [-0.1, -0.05) is 6.07 Å². The zero-order valence-electron chi connectivity index (χ0n) is 16.7. The van der Waals surface area contributed by atoms with Gasteiger partial charge in [-0.25, -0.2) is 23.5 Å². The minimum absolute atomic E-state index is 0.0153. The molecule has 2 aromatic heterocycles. The van der Waals surface area contributed by atoms with Gasteiger partial charge in [0.2, 0.25) is 5.88 Å². The van der Waals surface area contributed by atoms with E-state index in [1.54, 1.807) is 18.3 Å². The summed E-state index contributed by atoms with van der Waals surface area (Å²) in [5, 5.41) is 9.94. The van der Waals surface area contributed by atoms with Gasteiger partial charge in [0.25, 0.3) is 0 Å². The first-order chi connectivity index (χ1) is 15.0. The summed E-state index contributed by atoms with van der Waals surface area (Å²) in [5.74, 6) is -1.82. The van der Waals surface area contributed by atoms with E-state index in [4.69, 9.17) is 14.2 Å². The first-order valence-corrected chi connectivity index (χ1v) is 9.69. The van der Waals surface area contributed by atoms with Crippen LogP contribution in [0.1, 0.15) is 28.0 Å². The number of pyridine rings is 2. The summed E-state index contributed by atoms with van der Waals surface area (Å²) in [6.45, 7) is 0.397. The van der Waals surface area contributed by atoms with Gasteiger partial charge in [-0.05, 0) is 35.7 Å². The van der Waals surface area contributed by atoms with Gasteiger partial charge in [-0.15, -0.1) is 0 Å². The minimum atomic E-state index is -0.961. The van der Waals surface area contributed by atoms with Crippen molar-refractivity contribution in [3.05, 3.63) is 65.0 Å². The normalized spacial score (nSPS) is 18.7. The summed E-state index contributed by atoms with van der Waals surface area (Å²) in [4.78, 5) is 20.8. The first-order valence-electron chi connectivity index (χ1n) is 9.69. The number of ether oxygens (including phenoxy) is 3. The molecule has 0 radical (unpaired) electrons. The molecule has 1 aliphatic rings. The summed E-state index contributed by atoms with van der Waals surface area (Å²) >= 11 is 0. The highest BCUT2D eigenvalue weighted by Gasteiger charge is 2.28. The Balaban J connectivity index is 1.72. The lowest BCUT2D eigenvalue weighted by Gasteiger charge is -2.27. The number of fused-ring (bicyclic) bond motifs is 1. The molecule has 0 unspecified atom stereocenters. The molecule has 1 aromatic carbocycles. The van der Waals surface area contributed by atoms with Crippen molar-refractivity contribution in [2.24, 2.45) is 0 Å². The lowest BCUT2D eigenvalue weighted by Crippen LogP contribution is -2.40. The van der Waals surface area contributed by atoms with E-state index in [9.17, 15) is 18.7 Å². The summed E-state index contributed by atoms with van der Waals surface area (Å²) in [6, 6.07) is 6.75. The first kappa shape index (κ1) is 21.1. The smallest absolute Gasteiger partial charge is 0.357 e. The summed E-state index contributed by atoms with van der Waals surface area (Å²) in [6.07, 6.45) is 0.339. The van der Waals surface area contributed by atoms with Crippen LogP contribution in [0.3, 0.4) is 0 Å². The van der Waals surface area contributed by atoms with Gasteiger partial charge < -0.3 is 19.3 Å². The Kier molecular flexibility index (Phi) is 6.06. The highest BCUT2D eigenvalue weighted by molar-refractivity contribution is 5.93. The predicted octanol–water partition coefficient (Wildman–Crippen LogP) is 2.81. The van der Waals surface area contributed by atoms with Crippen molar-refractivity contribution >= 4 is 16.9 Å². The van der Waals surface area contributed by atoms with Crippen LogP contribution in [0.25, 0.3) is 10.9 Å². The van der Waals surface area contributed by atoms with Gasteiger partial charge in [0.15, 0.2) is 0 Å². The van der Waals surface area contributed by atoms with Crippen molar-refractivity contribution in [2.75, 3.05) is 20.3 Å². The van der Waals surface area contributed by atoms with E-state index < -0.39 is 29.8 Å². The molecule has 3 aromatic rings. The number of aromatic nitrogens is 2. The molecular formula is C22H20F2N2O5. The van der Waals surface area contributed by atoms with Gasteiger partial charge in [0.1, 0.15) is 35.1 Å². The van der Waals surface area contributed by atoms with E-state index in [1.165, 1.54) is 13.2 Å². The molecule has 7 nitrogen and oxygen atoms in total. The number of carbonyl (C=O) groups excluding carboxylic acids is 1. The number of aliphatic hydroxyl groups is 1. The molecule has 0 saturated carbocycles. The second-order valence-corrected chi connectivity index (χ2v) is 7.18. The number of methoxy groups -OCH3 is 1. The fourth-order valence-corrected chi connectivity index (χ4v) is 3.48. The van der Waals surface area contributed by atoms with Crippen LogP contribution in [0.2, 0.25) is 0 Å². The molecule has 31 heavy (non-hydrogen) atoms. The quantitative estimate of drug-likeness (QED) is 0.623. The number of halogens is 2. The maximum atomic E-state index is 14.6. The van der Waals surface area contributed by atoms with Gasteiger partial charge in [0.05, 0.1) is 20.3 Å². The average Bonchev–Trinajstić information content (AvgIpc) is 2.78. The summed E-state index contributed by atoms with van der Waals surface area (Å²) < 4.78 is 44.6. The van der Waals surface area contributed by atoms with Crippen molar-refractivity contribution in [1.29, 1.82) is 0 Å². The Hall–Kier alpha value is -3.17. The molecule has 162 valence electrons. The van der Waals surface area contributed by atoms with Crippen LogP contribution in [0.15, 0.2) is 36.5 Å². The van der Waals surface area contributed by atoms with Crippen molar-refractivity contribution in [2.45, 2.75) is 25.0 Å². The Morgan fingerprint density at radius 3 is 2.77 bits per heavy atom. The summed E-state index contributed by atoms with van der Waals surface area (Å²) in [5.41, 5.74) is 0.621. The predicted molar refractivity (Wildman–Crippen MR) is 106 cm³/mol. The molecule has 9 heteroatoms. The van der Waals surface area contributed by atoms with E-state index in [-0.39, 0.29) is 29.6 Å². The number of hydrogen-bond acceptors (Lipinski definition) is 7. The van der Waals surface area contributed by atoms with Crippen LogP contribution < -0.4 is 4.74 Å². The molecule has 0 bridgehead atoms. The maximum absolute atomic E-state index is 14.6. The van der Waals surface area contributed by atoms with Crippen molar-refractivity contribution in [3.63, 3.8) is 0 Å². The Labute approximate surface area is 176 Å². The zero-order valence-corrected chi connectivity index (χ0v) is 16.7. The molecule has 0 amide bonds. The average molecular weight is 430 g/mol. The number of carbonyl (C=O) groups is 1. The lowest BCUT2D eigenvalue weighted by molar-refractivity contribution is -0.0935. The number of esters is 1. The molecule has 2 atom stereocenters. The standard InChI is InChI=1S/C22H20F2N2O5/c1-29-19-5-2-12(10-25-19)8-13-9-16(22(28)31-18-6-7-30-11-17(18)27)26-21-15(24)4-3-14(23)20(13)21/h2-5,9-10,17-18,27H,6-8,11H2,1H3/t17-,18-/m0/s1. The van der Waals surface area contributed by atoms with E-state index in [1.807, 2.05) is 0 Å². The maximum Gasteiger partial charge on any atom is 0.357 e. The summed E-state index contributed by atoms with van der Waals surface area (Å²) in [7, 11) is 1.49.